The summed E-state index contributed by atoms with van der Waals surface area (Å²) in [5, 5.41) is 13.0. The van der Waals surface area contributed by atoms with Gasteiger partial charge in [0.1, 0.15) is 11.4 Å². The van der Waals surface area contributed by atoms with Crippen molar-refractivity contribution in [3.63, 3.8) is 0 Å². The van der Waals surface area contributed by atoms with E-state index in [1.54, 1.807) is 4.80 Å². The predicted octanol–water partition coefficient (Wildman–Crippen LogP) is 4.05. The Balaban J connectivity index is 1.84. The third-order valence-corrected chi connectivity index (χ3v) is 4.06. The first-order valence-electron chi connectivity index (χ1n) is 8.87. The first-order valence-corrected chi connectivity index (χ1v) is 8.87. The van der Waals surface area contributed by atoms with Crippen molar-refractivity contribution in [3.05, 3.63) is 71.4 Å². The van der Waals surface area contributed by atoms with Crippen LogP contribution in [0.4, 0.5) is 0 Å². The number of aryl methyl sites for hydroxylation is 1. The molecule has 4 heteroatoms. The van der Waals surface area contributed by atoms with E-state index in [2.05, 4.69) is 62.5 Å². The van der Waals surface area contributed by atoms with Crippen LogP contribution in [0.1, 0.15) is 30.7 Å². The molecule has 0 aliphatic rings. The molecule has 0 spiro atoms. The minimum absolute atomic E-state index is 0.614. The van der Waals surface area contributed by atoms with Gasteiger partial charge < -0.3 is 5.32 Å². The molecule has 4 nitrogen and oxygen atoms in total. The van der Waals surface area contributed by atoms with Crippen molar-refractivity contribution < 1.29 is 0 Å². The van der Waals surface area contributed by atoms with Crippen LogP contribution >= 0.6 is 0 Å². The van der Waals surface area contributed by atoms with Crippen LogP contribution in [-0.4, -0.2) is 21.5 Å². The number of nitrogens with zero attached hydrogens (tertiary/aromatic N) is 3. The van der Waals surface area contributed by atoms with E-state index in [0.29, 0.717) is 12.5 Å². The molecule has 0 unspecified atom stereocenters. The molecular weight excluding hydrogens is 308 g/mol. The summed E-state index contributed by atoms with van der Waals surface area (Å²) in [5.74, 6) is 0.614. The lowest BCUT2D eigenvalue weighted by atomic mass is 10.1. The van der Waals surface area contributed by atoms with Gasteiger partial charge in [-0.25, -0.2) is 0 Å². The third kappa shape index (κ3) is 4.77. The number of benzene rings is 2. The van der Waals surface area contributed by atoms with Gasteiger partial charge in [0.2, 0.25) is 0 Å². The Morgan fingerprint density at radius 3 is 2.36 bits per heavy atom. The van der Waals surface area contributed by atoms with Gasteiger partial charge in [-0.1, -0.05) is 74.0 Å². The van der Waals surface area contributed by atoms with Gasteiger partial charge in [0.25, 0.3) is 0 Å². The lowest BCUT2D eigenvalue weighted by molar-refractivity contribution is 0.537. The summed E-state index contributed by atoms with van der Waals surface area (Å²) in [6, 6.07) is 18.8. The normalized spacial score (nSPS) is 11.2. The maximum absolute atomic E-state index is 4.76. The minimum atomic E-state index is 0.614. The fourth-order valence-electron chi connectivity index (χ4n) is 2.73. The molecule has 0 aliphatic carbocycles. The van der Waals surface area contributed by atoms with Crippen LogP contribution in [0.25, 0.3) is 11.3 Å². The maximum atomic E-state index is 4.76. The van der Waals surface area contributed by atoms with Gasteiger partial charge in [0.15, 0.2) is 0 Å². The maximum Gasteiger partial charge on any atom is 0.117 e. The van der Waals surface area contributed by atoms with Gasteiger partial charge in [0, 0.05) is 12.1 Å². The lowest BCUT2D eigenvalue weighted by Crippen LogP contribution is -2.19. The van der Waals surface area contributed by atoms with Crippen LogP contribution in [-0.2, 0) is 13.1 Å². The number of hydrogen-bond acceptors (Lipinski definition) is 3. The summed E-state index contributed by atoms with van der Waals surface area (Å²) < 4.78 is 0. The van der Waals surface area contributed by atoms with E-state index in [-0.39, 0.29) is 0 Å². The summed E-state index contributed by atoms with van der Waals surface area (Å²) in [6.07, 6.45) is 0. The van der Waals surface area contributed by atoms with Crippen LogP contribution in [0.2, 0.25) is 0 Å². The Bertz CT molecular complexity index is 789. The van der Waals surface area contributed by atoms with Gasteiger partial charge in [-0.3, -0.25) is 0 Å². The van der Waals surface area contributed by atoms with Crippen molar-refractivity contribution >= 4 is 0 Å². The van der Waals surface area contributed by atoms with Crippen LogP contribution in [0, 0.1) is 12.8 Å². The molecule has 0 aliphatic heterocycles. The zero-order valence-electron chi connectivity index (χ0n) is 15.2. The fraction of sp³-hybridized carbons (Fsp3) is 0.333. The first-order chi connectivity index (χ1) is 12.1. The zero-order chi connectivity index (χ0) is 17.6. The number of hydrogen-bond donors (Lipinski definition) is 1. The Morgan fingerprint density at radius 1 is 0.960 bits per heavy atom. The molecule has 0 atom stereocenters. The number of aromatic nitrogens is 3. The Hall–Kier alpha value is -2.46. The summed E-state index contributed by atoms with van der Waals surface area (Å²) in [5.41, 5.74) is 5.55. The molecule has 0 saturated heterocycles. The van der Waals surface area contributed by atoms with E-state index < -0.39 is 0 Å². The standard InChI is InChI=1S/C21H26N4/c1-16(2)13-22-14-20-21(19-7-5-4-6-8-19)24-25(23-20)15-18-11-9-17(3)10-12-18/h4-12,16,22H,13-15H2,1-3H3. The molecule has 25 heavy (non-hydrogen) atoms. The highest BCUT2D eigenvalue weighted by molar-refractivity contribution is 5.60. The van der Waals surface area contributed by atoms with Gasteiger partial charge in [0.05, 0.1) is 6.54 Å². The lowest BCUT2D eigenvalue weighted by Gasteiger charge is -2.06. The van der Waals surface area contributed by atoms with Gasteiger partial charge >= 0.3 is 0 Å². The molecule has 130 valence electrons. The van der Waals surface area contributed by atoms with Crippen LogP contribution in [0.5, 0.6) is 0 Å². The van der Waals surface area contributed by atoms with Gasteiger partial charge in [-0.05, 0) is 24.9 Å². The summed E-state index contributed by atoms with van der Waals surface area (Å²) in [7, 11) is 0. The van der Waals surface area contributed by atoms with Crippen molar-refractivity contribution in [1.29, 1.82) is 0 Å². The van der Waals surface area contributed by atoms with Crippen molar-refractivity contribution in [2.75, 3.05) is 6.54 Å². The number of rotatable bonds is 7. The van der Waals surface area contributed by atoms with Crippen molar-refractivity contribution in [2.24, 2.45) is 5.92 Å². The molecule has 1 N–H and O–H groups in total. The van der Waals surface area contributed by atoms with E-state index in [1.165, 1.54) is 11.1 Å². The second-order valence-corrected chi connectivity index (χ2v) is 6.90. The fourth-order valence-corrected chi connectivity index (χ4v) is 2.73. The van der Waals surface area contributed by atoms with Crippen molar-refractivity contribution in [1.82, 2.24) is 20.3 Å². The summed E-state index contributed by atoms with van der Waals surface area (Å²) >= 11 is 0. The molecule has 1 heterocycles. The molecule has 0 amide bonds. The molecule has 3 aromatic rings. The molecule has 1 aromatic heterocycles. The Labute approximate surface area is 149 Å². The number of nitrogens with one attached hydrogen (secondary N) is 1. The molecule has 2 aromatic carbocycles. The SMILES string of the molecule is Cc1ccc(Cn2nc(CNCC(C)C)c(-c3ccccc3)n2)cc1. The largest absolute Gasteiger partial charge is 0.311 e. The van der Waals surface area contributed by atoms with Crippen LogP contribution < -0.4 is 5.32 Å². The molecular formula is C21H26N4. The van der Waals surface area contributed by atoms with Crippen molar-refractivity contribution in [3.8, 4) is 11.3 Å². The van der Waals surface area contributed by atoms with E-state index in [0.717, 1.165) is 30.0 Å². The second kappa shape index (κ2) is 8.08. The highest BCUT2D eigenvalue weighted by Crippen LogP contribution is 2.20. The monoisotopic (exact) mass is 334 g/mol. The molecule has 3 rings (SSSR count). The highest BCUT2D eigenvalue weighted by Gasteiger charge is 2.13. The van der Waals surface area contributed by atoms with Crippen molar-refractivity contribution in [2.45, 2.75) is 33.9 Å². The summed E-state index contributed by atoms with van der Waals surface area (Å²) in [6.45, 7) is 8.90. The molecule has 0 bridgehead atoms. The second-order valence-electron chi connectivity index (χ2n) is 6.90. The smallest absolute Gasteiger partial charge is 0.117 e. The van der Waals surface area contributed by atoms with Crippen LogP contribution in [0.3, 0.4) is 0 Å². The van der Waals surface area contributed by atoms with E-state index in [4.69, 9.17) is 10.2 Å². The Kier molecular flexibility index (Phi) is 5.61. The quantitative estimate of drug-likeness (QED) is 0.709. The predicted molar refractivity (Wildman–Crippen MR) is 102 cm³/mol. The van der Waals surface area contributed by atoms with E-state index in [9.17, 15) is 0 Å². The topological polar surface area (TPSA) is 42.7 Å². The third-order valence-electron chi connectivity index (χ3n) is 4.06. The minimum Gasteiger partial charge on any atom is -0.311 e. The van der Waals surface area contributed by atoms with Crippen LogP contribution in [0.15, 0.2) is 54.6 Å². The summed E-state index contributed by atoms with van der Waals surface area (Å²) in [4.78, 5) is 1.80. The molecule has 0 radical (unpaired) electrons. The zero-order valence-corrected chi connectivity index (χ0v) is 15.2. The van der Waals surface area contributed by atoms with Gasteiger partial charge in [-0.2, -0.15) is 15.0 Å². The van der Waals surface area contributed by atoms with E-state index >= 15 is 0 Å². The average molecular weight is 334 g/mol. The average Bonchev–Trinajstić information content (AvgIpc) is 3.00. The first kappa shape index (κ1) is 17.4. The molecule has 0 fully saturated rings. The van der Waals surface area contributed by atoms with E-state index in [1.807, 2.05) is 18.2 Å². The van der Waals surface area contributed by atoms with Gasteiger partial charge in [-0.15, -0.1) is 0 Å². The molecule has 0 saturated carbocycles. The highest BCUT2D eigenvalue weighted by atomic mass is 15.5. The Morgan fingerprint density at radius 2 is 1.68 bits per heavy atom.